The molecule has 1 fully saturated rings. The lowest BCUT2D eigenvalue weighted by Gasteiger charge is -2.33. The summed E-state index contributed by atoms with van der Waals surface area (Å²) in [5, 5.41) is 3.97. The van der Waals surface area contributed by atoms with Gasteiger partial charge in [0.25, 0.3) is 0 Å². The first-order chi connectivity index (χ1) is 13.6. The smallest absolute Gasteiger partial charge is 0.223 e. The number of furan rings is 1. The van der Waals surface area contributed by atoms with Gasteiger partial charge >= 0.3 is 0 Å². The number of piperidine rings is 1. The average Bonchev–Trinajstić information content (AvgIpc) is 3.34. The van der Waals surface area contributed by atoms with Crippen LogP contribution in [0.5, 0.6) is 0 Å². The topological polar surface area (TPSA) is 85.3 Å². The van der Waals surface area contributed by atoms with Crippen molar-refractivity contribution in [3.63, 3.8) is 0 Å². The van der Waals surface area contributed by atoms with E-state index in [-0.39, 0.29) is 11.8 Å². The summed E-state index contributed by atoms with van der Waals surface area (Å²) in [6.45, 7) is 5.25. The van der Waals surface area contributed by atoms with Crippen LogP contribution in [-0.4, -0.2) is 39.0 Å². The van der Waals surface area contributed by atoms with Gasteiger partial charge in [-0.15, -0.1) is 0 Å². The van der Waals surface area contributed by atoms with Crippen molar-refractivity contribution >= 4 is 5.91 Å². The van der Waals surface area contributed by atoms with E-state index in [4.69, 9.17) is 8.94 Å². The second-order valence-corrected chi connectivity index (χ2v) is 7.35. The van der Waals surface area contributed by atoms with Crippen LogP contribution in [0, 0.1) is 13.8 Å². The Morgan fingerprint density at radius 2 is 2.21 bits per heavy atom. The van der Waals surface area contributed by atoms with Gasteiger partial charge in [-0.25, -0.2) is 9.97 Å². The molecule has 0 spiro atoms. The van der Waals surface area contributed by atoms with Crippen molar-refractivity contribution in [2.24, 2.45) is 0 Å². The maximum Gasteiger partial charge on any atom is 0.223 e. The molecule has 0 bridgehead atoms. The predicted octanol–water partition coefficient (Wildman–Crippen LogP) is 3.68. The summed E-state index contributed by atoms with van der Waals surface area (Å²) in [5.41, 5.74) is 2.59. The van der Waals surface area contributed by atoms with E-state index in [0.29, 0.717) is 25.1 Å². The zero-order valence-electron chi connectivity index (χ0n) is 16.2. The SMILES string of the molecule is Cc1cc(-c2cncnc2[C@@H]2CCCN(C(=O)CCc3ccc(C)o3)C2)on1. The summed E-state index contributed by atoms with van der Waals surface area (Å²) in [5.74, 6) is 2.72. The number of likely N-dealkylation sites (tertiary alicyclic amines) is 1. The zero-order chi connectivity index (χ0) is 19.5. The van der Waals surface area contributed by atoms with E-state index >= 15 is 0 Å². The predicted molar refractivity (Wildman–Crippen MR) is 103 cm³/mol. The van der Waals surface area contributed by atoms with E-state index in [9.17, 15) is 4.79 Å². The van der Waals surface area contributed by atoms with Crippen molar-refractivity contribution in [1.29, 1.82) is 0 Å². The standard InChI is InChI=1S/C21H24N4O3/c1-14-10-19(28-24-14)18-11-22-13-23-21(18)16-4-3-9-25(12-16)20(26)8-7-17-6-5-15(2)27-17/h5-6,10-11,13,16H,3-4,7-9,12H2,1-2H3/t16-/m1/s1. The van der Waals surface area contributed by atoms with Gasteiger partial charge in [-0.3, -0.25) is 4.79 Å². The van der Waals surface area contributed by atoms with E-state index in [0.717, 1.165) is 47.9 Å². The van der Waals surface area contributed by atoms with Crippen LogP contribution in [0.15, 0.2) is 39.7 Å². The first kappa shape index (κ1) is 18.4. The number of hydrogen-bond donors (Lipinski definition) is 0. The van der Waals surface area contributed by atoms with E-state index in [1.807, 2.05) is 36.9 Å². The van der Waals surface area contributed by atoms with E-state index in [1.165, 1.54) is 0 Å². The lowest BCUT2D eigenvalue weighted by molar-refractivity contribution is -0.132. The monoisotopic (exact) mass is 380 g/mol. The Kier molecular flexibility index (Phi) is 5.23. The van der Waals surface area contributed by atoms with Crippen molar-refractivity contribution in [2.45, 2.75) is 45.4 Å². The second kappa shape index (κ2) is 7.96. The molecule has 1 amide bonds. The Hall–Kier alpha value is -2.96. The molecule has 7 heteroatoms. The fourth-order valence-corrected chi connectivity index (χ4v) is 3.78. The van der Waals surface area contributed by atoms with Crippen molar-refractivity contribution < 1.29 is 13.7 Å². The van der Waals surface area contributed by atoms with Crippen molar-refractivity contribution in [2.75, 3.05) is 13.1 Å². The molecule has 0 radical (unpaired) electrons. The number of aromatic nitrogens is 3. The molecule has 3 aromatic rings. The first-order valence-corrected chi connectivity index (χ1v) is 9.67. The normalized spacial score (nSPS) is 17.1. The van der Waals surface area contributed by atoms with Crippen molar-refractivity contribution in [3.8, 4) is 11.3 Å². The van der Waals surface area contributed by atoms with E-state index < -0.39 is 0 Å². The van der Waals surface area contributed by atoms with Gasteiger partial charge in [0.2, 0.25) is 5.91 Å². The number of nitrogens with zero attached hydrogens (tertiary/aromatic N) is 4. The highest BCUT2D eigenvalue weighted by atomic mass is 16.5. The Morgan fingerprint density at radius 1 is 1.32 bits per heavy atom. The number of aryl methyl sites for hydroxylation is 3. The van der Waals surface area contributed by atoms with Crippen molar-refractivity contribution in [1.82, 2.24) is 20.0 Å². The summed E-state index contributed by atoms with van der Waals surface area (Å²) in [4.78, 5) is 23.4. The Bertz CT molecular complexity index is 962. The highest BCUT2D eigenvalue weighted by Gasteiger charge is 2.28. The Morgan fingerprint density at radius 3 is 2.96 bits per heavy atom. The van der Waals surface area contributed by atoms with Gasteiger partial charge in [0, 0.05) is 44.1 Å². The average molecular weight is 380 g/mol. The van der Waals surface area contributed by atoms with Crippen LogP contribution in [0.3, 0.4) is 0 Å². The zero-order valence-corrected chi connectivity index (χ0v) is 16.2. The first-order valence-electron chi connectivity index (χ1n) is 9.67. The maximum absolute atomic E-state index is 12.7. The van der Waals surface area contributed by atoms with Gasteiger partial charge < -0.3 is 13.8 Å². The lowest BCUT2D eigenvalue weighted by Crippen LogP contribution is -2.39. The van der Waals surface area contributed by atoms with Gasteiger partial charge in [0.1, 0.15) is 17.8 Å². The third-order valence-corrected chi connectivity index (χ3v) is 5.18. The molecule has 0 aromatic carbocycles. The fourth-order valence-electron chi connectivity index (χ4n) is 3.78. The molecule has 7 nitrogen and oxygen atoms in total. The van der Waals surface area contributed by atoms with Crippen LogP contribution in [0.25, 0.3) is 11.3 Å². The molecule has 28 heavy (non-hydrogen) atoms. The molecule has 1 atom stereocenters. The highest BCUT2D eigenvalue weighted by molar-refractivity contribution is 5.76. The summed E-state index contributed by atoms with van der Waals surface area (Å²) >= 11 is 0. The molecule has 0 N–H and O–H groups in total. The quantitative estimate of drug-likeness (QED) is 0.671. The van der Waals surface area contributed by atoms with Crippen LogP contribution in [-0.2, 0) is 11.2 Å². The van der Waals surface area contributed by atoms with Gasteiger partial charge in [-0.1, -0.05) is 5.16 Å². The second-order valence-electron chi connectivity index (χ2n) is 7.35. The summed E-state index contributed by atoms with van der Waals surface area (Å²) < 4.78 is 11.0. The van der Waals surface area contributed by atoms with Gasteiger partial charge in [0.05, 0.1) is 17.0 Å². The number of amides is 1. The minimum Gasteiger partial charge on any atom is -0.466 e. The minimum atomic E-state index is 0.157. The number of carbonyl (C=O) groups excluding carboxylic acids is 1. The maximum atomic E-state index is 12.7. The molecule has 0 aliphatic carbocycles. The van der Waals surface area contributed by atoms with Gasteiger partial charge in [-0.05, 0) is 38.8 Å². The van der Waals surface area contributed by atoms with Crippen LogP contribution < -0.4 is 0 Å². The minimum absolute atomic E-state index is 0.157. The molecule has 4 heterocycles. The molecule has 0 unspecified atom stereocenters. The third kappa shape index (κ3) is 3.98. The largest absolute Gasteiger partial charge is 0.466 e. The van der Waals surface area contributed by atoms with Crippen LogP contribution in [0.4, 0.5) is 0 Å². The molecular weight excluding hydrogens is 356 g/mol. The fraction of sp³-hybridized carbons (Fsp3) is 0.429. The van der Waals surface area contributed by atoms with Crippen LogP contribution >= 0.6 is 0 Å². The number of hydrogen-bond acceptors (Lipinski definition) is 6. The molecule has 0 saturated carbocycles. The van der Waals surface area contributed by atoms with E-state index in [2.05, 4.69) is 15.1 Å². The highest BCUT2D eigenvalue weighted by Crippen LogP contribution is 2.33. The lowest BCUT2D eigenvalue weighted by atomic mass is 9.91. The van der Waals surface area contributed by atoms with Crippen LogP contribution in [0.1, 0.15) is 48.1 Å². The van der Waals surface area contributed by atoms with E-state index in [1.54, 1.807) is 12.5 Å². The Labute approximate surface area is 163 Å². The molecule has 146 valence electrons. The van der Waals surface area contributed by atoms with Crippen LogP contribution in [0.2, 0.25) is 0 Å². The summed E-state index contributed by atoms with van der Waals surface area (Å²) in [6.07, 6.45) is 6.35. The molecule has 4 rings (SSSR count). The van der Waals surface area contributed by atoms with Crippen molar-refractivity contribution in [3.05, 3.63) is 53.6 Å². The molecule has 1 aliphatic heterocycles. The van der Waals surface area contributed by atoms with Gasteiger partial charge in [0.15, 0.2) is 5.76 Å². The number of rotatable bonds is 5. The third-order valence-electron chi connectivity index (χ3n) is 5.18. The molecule has 1 saturated heterocycles. The van der Waals surface area contributed by atoms with Gasteiger partial charge in [-0.2, -0.15) is 0 Å². The number of carbonyl (C=O) groups is 1. The molecule has 3 aromatic heterocycles. The molecule has 1 aliphatic rings. The summed E-state index contributed by atoms with van der Waals surface area (Å²) in [6, 6.07) is 5.76. The molecular formula is C21H24N4O3. The summed E-state index contributed by atoms with van der Waals surface area (Å²) in [7, 11) is 0. The Balaban J connectivity index is 1.46.